The minimum atomic E-state index is -1.25. The van der Waals surface area contributed by atoms with Gasteiger partial charge in [-0.2, -0.15) is 0 Å². The maximum atomic E-state index is 14.3. The van der Waals surface area contributed by atoms with E-state index >= 15 is 0 Å². The van der Waals surface area contributed by atoms with Crippen LogP contribution in [0.1, 0.15) is 74.3 Å². The van der Waals surface area contributed by atoms with Crippen LogP contribution in [-0.4, -0.2) is 56.5 Å². The molecule has 1 amide bonds. The maximum Gasteiger partial charge on any atom is 0.338 e. The lowest BCUT2D eigenvalue weighted by Crippen LogP contribution is -2.24. The van der Waals surface area contributed by atoms with E-state index in [1.165, 1.54) is 36.4 Å². The molecular formula is C46H48FN3O10. The summed E-state index contributed by atoms with van der Waals surface area (Å²) in [5, 5.41) is 34.4. The largest absolute Gasteiger partial charge is 0.426 e. The molecular weight excluding hydrogens is 774 g/mol. The summed E-state index contributed by atoms with van der Waals surface area (Å²) in [4.78, 5) is 53.9. The van der Waals surface area contributed by atoms with Gasteiger partial charge in [0, 0.05) is 29.1 Å². The number of rotatable bonds is 21. The fraction of sp³-hybridized carbons (Fsp3) is 0.283. The maximum absolute atomic E-state index is 14.3. The second-order valence-electron chi connectivity index (χ2n) is 14.5. The van der Waals surface area contributed by atoms with Crippen LogP contribution in [0.15, 0.2) is 121 Å². The summed E-state index contributed by atoms with van der Waals surface area (Å²) in [6.07, 6.45) is -1.65. The van der Waals surface area contributed by atoms with Gasteiger partial charge in [-0.1, -0.05) is 69.0 Å². The van der Waals surface area contributed by atoms with Crippen LogP contribution in [0.5, 0.6) is 11.5 Å². The summed E-state index contributed by atoms with van der Waals surface area (Å²) in [6.45, 7) is 7.78. The summed E-state index contributed by atoms with van der Waals surface area (Å²) < 4.78 is 26.9. The van der Waals surface area contributed by atoms with Crippen molar-refractivity contribution in [2.45, 2.75) is 77.0 Å². The predicted octanol–water partition coefficient (Wildman–Crippen LogP) is 8.67. The van der Waals surface area contributed by atoms with E-state index in [2.05, 4.69) is 16.7 Å². The van der Waals surface area contributed by atoms with Crippen molar-refractivity contribution < 1.29 is 48.4 Å². The number of carbonyl (C=O) groups is 3. The van der Waals surface area contributed by atoms with E-state index in [0.29, 0.717) is 46.6 Å². The van der Waals surface area contributed by atoms with Gasteiger partial charge in [-0.25, -0.2) is 9.18 Å². The minimum absolute atomic E-state index is 0.0863. The molecule has 60 heavy (non-hydrogen) atoms. The van der Waals surface area contributed by atoms with Crippen molar-refractivity contribution >= 4 is 23.5 Å². The Kier molecular flexibility index (Phi) is 15.8. The quantitative estimate of drug-likeness (QED) is 0.0162. The van der Waals surface area contributed by atoms with E-state index in [9.17, 15) is 39.1 Å². The molecule has 5 aromatic rings. The van der Waals surface area contributed by atoms with E-state index in [1.54, 1.807) is 24.3 Å². The number of aliphatic hydroxyl groups excluding tert-OH is 2. The van der Waals surface area contributed by atoms with Crippen molar-refractivity contribution in [3.05, 3.63) is 149 Å². The van der Waals surface area contributed by atoms with Crippen LogP contribution in [0.25, 0.3) is 22.4 Å². The first-order valence-corrected chi connectivity index (χ1v) is 19.6. The number of para-hydroxylation sites is 1. The highest BCUT2D eigenvalue weighted by Crippen LogP contribution is 2.42. The van der Waals surface area contributed by atoms with Gasteiger partial charge in [0.05, 0.1) is 36.5 Å². The lowest BCUT2D eigenvalue weighted by Gasteiger charge is -2.20. The Balaban J connectivity index is 1.26. The Morgan fingerprint density at radius 3 is 2.07 bits per heavy atom. The number of hydrogen-bond acceptors (Lipinski definition) is 10. The predicted molar refractivity (Wildman–Crippen MR) is 223 cm³/mol. The SMILES string of the molecule is C=C(CCCCO[N+](=O)[O-])C(=O)Oc1ccc(OC(=O)C[C@H](O)C[C@@H](O)CCn2c(-c3ccc(F)cc3)c(-c3ccccc3)c(C(=O)Nc3ccccc3)c2C(C)C)cc1. The summed E-state index contributed by atoms with van der Waals surface area (Å²) in [7, 11) is 0. The number of benzene rings is 4. The molecule has 314 valence electrons. The summed E-state index contributed by atoms with van der Waals surface area (Å²) in [5.74, 6) is -2.02. The molecule has 0 saturated carbocycles. The highest BCUT2D eigenvalue weighted by atomic mass is 19.1. The van der Waals surface area contributed by atoms with Gasteiger partial charge in [0.1, 0.15) is 17.3 Å². The first-order valence-electron chi connectivity index (χ1n) is 19.6. The van der Waals surface area contributed by atoms with Gasteiger partial charge in [-0.15, -0.1) is 10.1 Å². The van der Waals surface area contributed by atoms with E-state index in [1.807, 2.05) is 66.9 Å². The molecule has 3 N–H and O–H groups in total. The molecule has 14 heteroatoms. The van der Waals surface area contributed by atoms with Crippen LogP contribution in [0.2, 0.25) is 0 Å². The molecule has 4 aromatic carbocycles. The standard InChI is InChI=1S/C46H48FN3O10/c1-30(2)43-42(45(54)48-35-15-8-5-9-16-35)41(32-13-6-4-7-14-32)44(33-17-19-34(47)20-18-33)49(43)26-25-36(51)28-37(52)29-40(53)59-38-21-23-39(24-22-38)60-46(55)31(3)12-10-11-27-58-50(56)57/h4-9,13-24,30,36-37,51-52H,3,10-12,25-29H2,1-2H3,(H,48,54)/t36-,37+/m0/s1. The van der Waals surface area contributed by atoms with Crippen LogP contribution < -0.4 is 14.8 Å². The molecule has 5 rings (SSSR count). The Morgan fingerprint density at radius 2 is 1.45 bits per heavy atom. The number of aliphatic hydroxyl groups is 2. The van der Waals surface area contributed by atoms with Crippen molar-refractivity contribution in [1.29, 1.82) is 0 Å². The topological polar surface area (TPSA) is 179 Å². The second-order valence-corrected chi connectivity index (χ2v) is 14.5. The fourth-order valence-corrected chi connectivity index (χ4v) is 6.80. The van der Waals surface area contributed by atoms with Gasteiger partial charge in [0.2, 0.25) is 0 Å². The molecule has 0 unspecified atom stereocenters. The highest BCUT2D eigenvalue weighted by molar-refractivity contribution is 6.12. The summed E-state index contributed by atoms with van der Waals surface area (Å²) in [5.41, 5.74) is 4.72. The number of halogens is 1. The second kappa shape index (κ2) is 21.4. The molecule has 0 saturated heterocycles. The van der Waals surface area contributed by atoms with E-state index in [0.717, 1.165) is 5.56 Å². The van der Waals surface area contributed by atoms with Crippen LogP contribution in [0, 0.1) is 15.9 Å². The van der Waals surface area contributed by atoms with E-state index in [-0.39, 0.29) is 61.3 Å². The van der Waals surface area contributed by atoms with Gasteiger partial charge in [-0.3, -0.25) is 9.59 Å². The first kappa shape index (κ1) is 44.5. The molecule has 2 atom stereocenters. The highest BCUT2D eigenvalue weighted by Gasteiger charge is 2.31. The van der Waals surface area contributed by atoms with Crippen LogP contribution in [0.4, 0.5) is 10.1 Å². The molecule has 0 radical (unpaired) electrons. The smallest absolute Gasteiger partial charge is 0.338 e. The zero-order chi connectivity index (χ0) is 43.2. The summed E-state index contributed by atoms with van der Waals surface area (Å²) >= 11 is 0. The normalized spacial score (nSPS) is 12.0. The van der Waals surface area contributed by atoms with Gasteiger partial charge in [0.25, 0.3) is 11.0 Å². The molecule has 1 heterocycles. The molecule has 0 aliphatic carbocycles. The first-order chi connectivity index (χ1) is 28.8. The van der Waals surface area contributed by atoms with Crippen molar-refractivity contribution in [3.63, 3.8) is 0 Å². The number of anilines is 1. The Bertz CT molecular complexity index is 2240. The number of ether oxygens (including phenoxy) is 2. The number of nitrogens with one attached hydrogen (secondary N) is 1. The number of nitrogens with zero attached hydrogens (tertiary/aromatic N) is 2. The Hall–Kier alpha value is -6.64. The number of unbranched alkanes of at least 4 members (excludes halogenated alkanes) is 1. The van der Waals surface area contributed by atoms with Gasteiger partial charge < -0.3 is 34.4 Å². The van der Waals surface area contributed by atoms with Crippen molar-refractivity contribution in [1.82, 2.24) is 4.57 Å². The van der Waals surface area contributed by atoms with E-state index in [4.69, 9.17) is 9.47 Å². The molecule has 0 spiro atoms. The number of esters is 2. The zero-order valence-corrected chi connectivity index (χ0v) is 33.4. The fourth-order valence-electron chi connectivity index (χ4n) is 6.80. The van der Waals surface area contributed by atoms with Gasteiger partial charge in [0.15, 0.2) is 0 Å². The van der Waals surface area contributed by atoms with Crippen LogP contribution in [0.3, 0.4) is 0 Å². The van der Waals surface area contributed by atoms with Crippen LogP contribution >= 0.6 is 0 Å². The number of amides is 1. The number of aromatic nitrogens is 1. The van der Waals surface area contributed by atoms with Crippen molar-refractivity contribution in [2.24, 2.45) is 0 Å². The Labute approximate surface area is 347 Å². The molecule has 1 aromatic heterocycles. The third kappa shape index (κ3) is 12.4. The number of carbonyl (C=O) groups excluding carboxylic acids is 3. The average Bonchev–Trinajstić information content (AvgIpc) is 3.57. The monoisotopic (exact) mass is 821 g/mol. The third-order valence-electron chi connectivity index (χ3n) is 9.55. The molecule has 0 fully saturated rings. The van der Waals surface area contributed by atoms with Crippen molar-refractivity contribution in [3.8, 4) is 33.9 Å². The lowest BCUT2D eigenvalue weighted by molar-refractivity contribution is -0.757. The van der Waals surface area contributed by atoms with Crippen molar-refractivity contribution in [2.75, 3.05) is 11.9 Å². The molecule has 0 aliphatic heterocycles. The lowest BCUT2D eigenvalue weighted by atomic mass is 9.94. The zero-order valence-electron chi connectivity index (χ0n) is 33.4. The van der Waals surface area contributed by atoms with E-state index < -0.39 is 41.5 Å². The minimum Gasteiger partial charge on any atom is -0.426 e. The number of hydrogen-bond donors (Lipinski definition) is 3. The summed E-state index contributed by atoms with van der Waals surface area (Å²) in [6, 6.07) is 30.3. The molecule has 0 aliphatic rings. The third-order valence-corrected chi connectivity index (χ3v) is 9.55. The van der Waals surface area contributed by atoms with Crippen LogP contribution in [-0.2, 0) is 21.0 Å². The van der Waals surface area contributed by atoms with Gasteiger partial charge in [-0.05, 0) is 110 Å². The average molecular weight is 822 g/mol. The Morgan fingerprint density at radius 1 is 0.833 bits per heavy atom. The molecule has 13 nitrogen and oxygen atoms in total. The van der Waals surface area contributed by atoms with Gasteiger partial charge >= 0.3 is 11.9 Å². The molecule has 0 bridgehead atoms.